The molecule has 6 aliphatic rings. The Morgan fingerprint density at radius 1 is 0.841 bits per heavy atom. The number of aryl methyl sites for hydroxylation is 3. The van der Waals surface area contributed by atoms with E-state index in [2.05, 4.69) is 70.2 Å². The molecular formula is C50H78N2O11. The van der Waals surface area contributed by atoms with Gasteiger partial charge in [0.15, 0.2) is 18.4 Å². The van der Waals surface area contributed by atoms with Gasteiger partial charge in [-0.2, -0.15) is 0 Å². The quantitative estimate of drug-likeness (QED) is 0.228. The number of methoxy groups -OCH3 is 3. The smallest absolute Gasteiger partial charge is 0.306 e. The third kappa shape index (κ3) is 9.98. The van der Waals surface area contributed by atoms with E-state index in [1.54, 1.807) is 21.3 Å². The average Bonchev–Trinajstić information content (AvgIpc) is 3.82. The summed E-state index contributed by atoms with van der Waals surface area (Å²) in [5.41, 5.74) is 4.99. The molecule has 3 aliphatic carbocycles. The molecule has 0 aromatic heterocycles. The maximum atomic E-state index is 15.2. The van der Waals surface area contributed by atoms with Crippen LogP contribution in [0.4, 0.5) is 5.69 Å². The zero-order valence-corrected chi connectivity index (χ0v) is 40.0. The Bertz CT molecular complexity index is 1750. The van der Waals surface area contributed by atoms with Gasteiger partial charge in [-0.3, -0.25) is 9.59 Å². The van der Waals surface area contributed by atoms with Crippen LogP contribution in [0.1, 0.15) is 102 Å². The van der Waals surface area contributed by atoms with Gasteiger partial charge in [-0.25, -0.2) is 0 Å². The first-order valence-electron chi connectivity index (χ1n) is 23.9. The summed E-state index contributed by atoms with van der Waals surface area (Å²) in [5, 5.41) is 16.8. The Morgan fingerprint density at radius 3 is 2.16 bits per heavy atom. The van der Waals surface area contributed by atoms with Crippen molar-refractivity contribution in [1.82, 2.24) is 4.90 Å². The van der Waals surface area contributed by atoms with Gasteiger partial charge < -0.3 is 53.2 Å². The second-order valence-electron chi connectivity index (χ2n) is 20.0. The number of cyclic esters (lactones) is 1. The van der Waals surface area contributed by atoms with Crippen LogP contribution in [0, 0.1) is 56.3 Å². The van der Waals surface area contributed by atoms with Gasteiger partial charge in [0.25, 0.3) is 0 Å². The standard InChI is InChI=1S/C50H78N2O11/c1-13-31-15-14-16-39(63-41-18-17-38(52(8)9)29(6)59-41)28(5)45(54)37-23-34-33-21-32(62-50-49(58-12)48(57-11)47(56-10)30(7)60-50)22-36(33)44(46(55)42(34)35(37)24-40(53)61-31)51-43-26(3)19-25(2)20-27(43)4/h19-20,23,28-36,38-39,41-42,44,46-51,55H,13-18,21-22,24H2,1-12H3/t28-,29?,30?,31+,32+,33+,34+,35-,36-,38+,39+,41+,42-,44+,46+,47+,48?,49?,50+/m1/s1. The number of hydrogen-bond acceptors (Lipinski definition) is 13. The fraction of sp³-hybridized carbons (Fsp3) is 0.800. The Morgan fingerprint density at radius 2 is 1.52 bits per heavy atom. The molecule has 354 valence electrons. The van der Waals surface area contributed by atoms with Crippen LogP contribution >= 0.6 is 0 Å². The molecule has 3 heterocycles. The number of anilines is 1. The normalized spacial score (nSPS) is 42.4. The van der Waals surface area contributed by atoms with Crippen LogP contribution < -0.4 is 5.32 Å². The van der Waals surface area contributed by atoms with Crippen molar-refractivity contribution >= 4 is 17.4 Å². The van der Waals surface area contributed by atoms with Crippen molar-refractivity contribution in [3.05, 3.63) is 40.5 Å². The van der Waals surface area contributed by atoms with Crippen molar-refractivity contribution in [1.29, 1.82) is 0 Å². The molecule has 5 fully saturated rings. The van der Waals surface area contributed by atoms with E-state index in [1.807, 2.05) is 20.8 Å². The number of esters is 1. The monoisotopic (exact) mass is 883 g/mol. The molecule has 19 atom stereocenters. The summed E-state index contributed by atoms with van der Waals surface area (Å²) >= 11 is 0. The number of hydrogen-bond donors (Lipinski definition) is 2. The molecule has 0 spiro atoms. The second-order valence-corrected chi connectivity index (χ2v) is 20.0. The molecule has 0 radical (unpaired) electrons. The van der Waals surface area contributed by atoms with E-state index >= 15 is 4.79 Å². The molecule has 4 unspecified atom stereocenters. The Labute approximate surface area is 376 Å². The summed E-state index contributed by atoms with van der Waals surface area (Å²) in [6, 6.07) is 4.24. The maximum Gasteiger partial charge on any atom is 0.306 e. The predicted octanol–water partition coefficient (Wildman–Crippen LogP) is 6.70. The zero-order chi connectivity index (χ0) is 45.4. The number of aliphatic hydroxyl groups is 1. The number of fused-ring (bicyclic) bond motifs is 5. The largest absolute Gasteiger partial charge is 0.462 e. The van der Waals surface area contributed by atoms with Gasteiger partial charge in [0.05, 0.1) is 43.0 Å². The fourth-order valence-corrected chi connectivity index (χ4v) is 12.8. The molecule has 2 N–H and O–H groups in total. The number of benzene rings is 1. The van der Waals surface area contributed by atoms with E-state index in [1.165, 1.54) is 5.56 Å². The van der Waals surface area contributed by atoms with Crippen molar-refractivity contribution in [2.75, 3.05) is 40.7 Å². The highest BCUT2D eigenvalue weighted by Crippen LogP contribution is 2.58. The zero-order valence-electron chi connectivity index (χ0n) is 40.0. The summed E-state index contributed by atoms with van der Waals surface area (Å²) in [5.74, 6) is -1.93. The number of ketones is 1. The van der Waals surface area contributed by atoms with Crippen molar-refractivity contribution in [3.63, 3.8) is 0 Å². The molecule has 0 bridgehead atoms. The molecule has 0 amide bonds. The SMILES string of the molecule is CC[C@H]1CCC[C@H](O[C@H]2CC[C@H](N(C)C)C(C)O2)[C@@H](C)C(=O)C2=C[C@H]3[C@@H]4C[C@H](O[C@@H]5OC(C)[C@H](OC)C(OC)C5OC)C[C@H]4[C@H](Nc4c(C)cc(C)cc4C)[C@@H](O)[C@H]3[C@@H]2CC(=O)O1. The molecule has 63 heavy (non-hydrogen) atoms. The predicted molar refractivity (Wildman–Crippen MR) is 239 cm³/mol. The topological polar surface area (TPSA) is 143 Å². The van der Waals surface area contributed by atoms with Crippen LogP contribution in [0.2, 0.25) is 0 Å². The first-order chi connectivity index (χ1) is 30.1. The molecule has 13 heteroatoms. The van der Waals surface area contributed by atoms with E-state index in [-0.39, 0.29) is 78.6 Å². The molecule has 1 aromatic rings. The van der Waals surface area contributed by atoms with Gasteiger partial charge >= 0.3 is 5.97 Å². The molecule has 13 nitrogen and oxygen atoms in total. The number of carbonyl (C=O) groups excluding carboxylic acids is 2. The Kier molecular flexibility index (Phi) is 15.8. The third-order valence-electron chi connectivity index (χ3n) is 15.9. The molecule has 2 saturated carbocycles. The van der Waals surface area contributed by atoms with Crippen LogP contribution in [0.3, 0.4) is 0 Å². The number of aliphatic hydroxyl groups excluding tert-OH is 1. The van der Waals surface area contributed by atoms with Crippen LogP contribution in [0.25, 0.3) is 0 Å². The summed E-state index contributed by atoms with van der Waals surface area (Å²) in [7, 11) is 9.10. The van der Waals surface area contributed by atoms with E-state index < -0.39 is 48.6 Å². The van der Waals surface area contributed by atoms with Gasteiger partial charge in [0, 0.05) is 50.8 Å². The van der Waals surface area contributed by atoms with Gasteiger partial charge in [0.1, 0.15) is 24.4 Å². The molecule has 1 aromatic carbocycles. The molecule has 3 saturated heterocycles. The Hall–Kier alpha value is -2.46. The molecule has 7 rings (SSSR count). The number of likely N-dealkylation sites (N-methyl/N-ethyl adjacent to an activating group) is 1. The van der Waals surface area contributed by atoms with Crippen molar-refractivity contribution in [2.24, 2.45) is 35.5 Å². The lowest BCUT2D eigenvalue weighted by Gasteiger charge is -2.48. The van der Waals surface area contributed by atoms with Crippen molar-refractivity contribution in [3.8, 4) is 0 Å². The molecular weight excluding hydrogens is 805 g/mol. The van der Waals surface area contributed by atoms with Gasteiger partial charge in [-0.15, -0.1) is 0 Å². The maximum absolute atomic E-state index is 15.2. The number of carbonyl (C=O) groups is 2. The second kappa shape index (κ2) is 20.6. The first kappa shape index (κ1) is 48.5. The minimum Gasteiger partial charge on any atom is -0.462 e. The summed E-state index contributed by atoms with van der Waals surface area (Å²) in [4.78, 5) is 31.4. The third-order valence-corrected chi connectivity index (χ3v) is 15.9. The van der Waals surface area contributed by atoms with E-state index in [9.17, 15) is 9.90 Å². The van der Waals surface area contributed by atoms with Crippen LogP contribution in [-0.4, -0.2) is 137 Å². The lowest BCUT2D eigenvalue weighted by Crippen LogP contribution is -2.59. The van der Waals surface area contributed by atoms with E-state index in [0.717, 1.165) is 36.1 Å². The lowest BCUT2D eigenvalue weighted by atomic mass is 9.62. The van der Waals surface area contributed by atoms with E-state index in [0.29, 0.717) is 43.7 Å². The number of nitrogens with zero attached hydrogens (tertiary/aromatic N) is 1. The van der Waals surface area contributed by atoms with Gasteiger partial charge in [-0.05, 0) is 135 Å². The minimum atomic E-state index is -0.883. The summed E-state index contributed by atoms with van der Waals surface area (Å²) in [6.07, 6.45) is 3.52. The highest BCUT2D eigenvalue weighted by Gasteiger charge is 2.60. The minimum absolute atomic E-state index is 0.00948. The van der Waals surface area contributed by atoms with Crippen molar-refractivity contribution in [2.45, 2.75) is 186 Å². The number of nitrogens with one attached hydrogen (secondary N) is 1. The number of Topliss-reactive ketones (excluding diaryl/α,β-unsaturated/α-hetero) is 1. The lowest BCUT2D eigenvalue weighted by molar-refractivity contribution is -0.314. The summed E-state index contributed by atoms with van der Waals surface area (Å²) in [6.45, 7) is 14.4. The fourth-order valence-electron chi connectivity index (χ4n) is 12.8. The van der Waals surface area contributed by atoms with Crippen LogP contribution in [0.15, 0.2) is 23.8 Å². The molecule has 3 aliphatic heterocycles. The van der Waals surface area contributed by atoms with Crippen LogP contribution in [-0.2, 0) is 47.5 Å². The highest BCUT2D eigenvalue weighted by molar-refractivity contribution is 5.99. The van der Waals surface area contributed by atoms with Crippen LogP contribution in [0.5, 0.6) is 0 Å². The first-order valence-corrected chi connectivity index (χ1v) is 23.9. The number of rotatable bonds is 11. The summed E-state index contributed by atoms with van der Waals surface area (Å²) < 4.78 is 50.5. The highest BCUT2D eigenvalue weighted by atomic mass is 16.7. The van der Waals surface area contributed by atoms with E-state index in [4.69, 9.17) is 37.9 Å². The van der Waals surface area contributed by atoms with Crippen molar-refractivity contribution < 1.29 is 52.6 Å². The van der Waals surface area contributed by atoms with Gasteiger partial charge in [-0.1, -0.05) is 37.6 Å². The Balaban J connectivity index is 1.23. The average molecular weight is 883 g/mol. The number of ether oxygens (including phenoxy) is 8. The van der Waals surface area contributed by atoms with Gasteiger partial charge in [0.2, 0.25) is 0 Å². The number of allylic oxidation sites excluding steroid dienone is 2.